The predicted molar refractivity (Wildman–Crippen MR) is 114 cm³/mol. The molecule has 7 heteroatoms. The first-order chi connectivity index (χ1) is 14.2. The number of carbonyl (C=O) groups is 1. The minimum absolute atomic E-state index is 0.150. The molecular weight excluding hydrogens is 383 g/mol. The smallest absolute Gasteiger partial charge is 0.232 e. The normalized spacial score (nSPS) is 11.8. The molecule has 0 atom stereocenters. The first-order valence-electron chi connectivity index (χ1n) is 9.72. The van der Waals surface area contributed by atoms with E-state index >= 15 is 0 Å². The number of halogens is 1. The van der Waals surface area contributed by atoms with Gasteiger partial charge in [-0.25, -0.2) is 4.39 Å². The number of rotatable bonds is 4. The second kappa shape index (κ2) is 7.40. The zero-order valence-corrected chi connectivity index (χ0v) is 17.3. The lowest BCUT2D eigenvalue weighted by Crippen LogP contribution is -2.14. The summed E-state index contributed by atoms with van der Waals surface area (Å²) in [7, 11) is 0. The van der Waals surface area contributed by atoms with Gasteiger partial charge in [-0.15, -0.1) is 0 Å². The van der Waals surface area contributed by atoms with Gasteiger partial charge in [0, 0.05) is 33.3 Å². The molecule has 0 aliphatic heterocycles. The fourth-order valence-corrected chi connectivity index (χ4v) is 3.30. The summed E-state index contributed by atoms with van der Waals surface area (Å²) in [5, 5.41) is 7.64. The van der Waals surface area contributed by atoms with E-state index in [4.69, 9.17) is 4.52 Å². The predicted octanol–water partition coefficient (Wildman–Crippen LogP) is 5.14. The first-order valence-corrected chi connectivity index (χ1v) is 9.72. The van der Waals surface area contributed by atoms with Gasteiger partial charge in [0.15, 0.2) is 0 Å². The Morgan fingerprint density at radius 3 is 2.57 bits per heavy atom. The highest BCUT2D eigenvalue weighted by Gasteiger charge is 2.22. The maximum absolute atomic E-state index is 13.6. The second-order valence-electron chi connectivity index (χ2n) is 8.39. The average molecular weight is 406 g/mol. The number of H-pyrrole nitrogens is 1. The molecule has 0 aliphatic rings. The third kappa shape index (κ3) is 3.96. The highest BCUT2D eigenvalue weighted by molar-refractivity contribution is 5.96. The summed E-state index contributed by atoms with van der Waals surface area (Å²) in [4.78, 5) is 20.2. The van der Waals surface area contributed by atoms with Crippen LogP contribution in [-0.2, 0) is 16.6 Å². The molecule has 1 amide bonds. The number of hydrogen-bond acceptors (Lipinski definition) is 4. The van der Waals surface area contributed by atoms with Crippen molar-refractivity contribution in [1.82, 2.24) is 15.1 Å². The Balaban J connectivity index is 1.47. The fourth-order valence-electron chi connectivity index (χ4n) is 3.30. The van der Waals surface area contributed by atoms with E-state index in [1.807, 2.05) is 39.8 Å². The van der Waals surface area contributed by atoms with Crippen LogP contribution in [0, 0.1) is 12.7 Å². The van der Waals surface area contributed by atoms with E-state index in [-0.39, 0.29) is 23.6 Å². The summed E-state index contributed by atoms with van der Waals surface area (Å²) in [6, 6.07) is 11.8. The SMILES string of the molecule is Cc1[nH]c2ccc(F)cc2c1CC(=O)Nc1ccc(-c2noc(C(C)(C)C)n2)cc1. The van der Waals surface area contributed by atoms with Gasteiger partial charge in [0.2, 0.25) is 17.6 Å². The van der Waals surface area contributed by atoms with Crippen LogP contribution in [0.15, 0.2) is 47.0 Å². The highest BCUT2D eigenvalue weighted by atomic mass is 19.1. The van der Waals surface area contributed by atoms with E-state index in [2.05, 4.69) is 20.4 Å². The number of anilines is 1. The maximum atomic E-state index is 13.6. The molecule has 0 saturated heterocycles. The molecule has 2 N–H and O–H groups in total. The van der Waals surface area contributed by atoms with Crippen molar-refractivity contribution in [2.24, 2.45) is 0 Å². The summed E-state index contributed by atoms with van der Waals surface area (Å²) < 4.78 is 19.0. The minimum atomic E-state index is -0.324. The minimum Gasteiger partial charge on any atom is -0.358 e. The van der Waals surface area contributed by atoms with Gasteiger partial charge < -0.3 is 14.8 Å². The van der Waals surface area contributed by atoms with Gasteiger partial charge in [-0.2, -0.15) is 4.98 Å². The first kappa shape index (κ1) is 19.8. The maximum Gasteiger partial charge on any atom is 0.232 e. The highest BCUT2D eigenvalue weighted by Crippen LogP contribution is 2.26. The number of carbonyl (C=O) groups excluding carboxylic acids is 1. The van der Waals surface area contributed by atoms with E-state index in [0.717, 1.165) is 27.7 Å². The summed E-state index contributed by atoms with van der Waals surface area (Å²) in [6.07, 6.45) is 0.150. The Morgan fingerprint density at radius 1 is 1.17 bits per heavy atom. The van der Waals surface area contributed by atoms with Crippen molar-refractivity contribution in [2.45, 2.75) is 39.5 Å². The summed E-state index contributed by atoms with van der Waals surface area (Å²) >= 11 is 0. The molecule has 4 aromatic rings. The topological polar surface area (TPSA) is 83.8 Å². The third-order valence-electron chi connectivity index (χ3n) is 4.91. The zero-order valence-electron chi connectivity index (χ0n) is 17.3. The fraction of sp³-hybridized carbons (Fsp3) is 0.261. The number of nitrogens with one attached hydrogen (secondary N) is 2. The zero-order chi connectivity index (χ0) is 21.5. The van der Waals surface area contributed by atoms with E-state index in [1.165, 1.54) is 12.1 Å². The Labute approximate surface area is 173 Å². The Kier molecular flexibility index (Phi) is 4.89. The molecule has 0 saturated carbocycles. The van der Waals surface area contributed by atoms with Gasteiger partial charge >= 0.3 is 0 Å². The van der Waals surface area contributed by atoms with Gasteiger partial charge in [-0.1, -0.05) is 25.9 Å². The quantitative estimate of drug-likeness (QED) is 0.491. The van der Waals surface area contributed by atoms with Crippen LogP contribution >= 0.6 is 0 Å². The molecule has 6 nitrogen and oxygen atoms in total. The molecule has 4 rings (SSSR count). The molecule has 2 aromatic heterocycles. The van der Waals surface area contributed by atoms with Crippen LogP contribution in [0.1, 0.15) is 37.9 Å². The number of aromatic nitrogens is 3. The Hall–Kier alpha value is -3.48. The van der Waals surface area contributed by atoms with Crippen molar-refractivity contribution >= 4 is 22.5 Å². The van der Waals surface area contributed by atoms with Gasteiger partial charge in [0.25, 0.3) is 0 Å². The largest absolute Gasteiger partial charge is 0.358 e. The van der Waals surface area contributed by atoms with Crippen molar-refractivity contribution in [3.05, 3.63) is 65.4 Å². The number of benzene rings is 2. The van der Waals surface area contributed by atoms with E-state index < -0.39 is 0 Å². The van der Waals surface area contributed by atoms with E-state index in [9.17, 15) is 9.18 Å². The lowest BCUT2D eigenvalue weighted by atomic mass is 9.97. The molecular formula is C23H23FN4O2. The molecule has 154 valence electrons. The molecule has 0 unspecified atom stereocenters. The van der Waals surface area contributed by atoms with Gasteiger partial charge in [-0.3, -0.25) is 4.79 Å². The van der Waals surface area contributed by atoms with Crippen molar-refractivity contribution in [3.8, 4) is 11.4 Å². The number of aryl methyl sites for hydroxylation is 1. The van der Waals surface area contributed by atoms with E-state index in [0.29, 0.717) is 17.4 Å². The number of nitrogens with zero attached hydrogens (tertiary/aromatic N) is 2. The van der Waals surface area contributed by atoms with Crippen molar-refractivity contribution in [3.63, 3.8) is 0 Å². The molecule has 30 heavy (non-hydrogen) atoms. The van der Waals surface area contributed by atoms with Crippen molar-refractivity contribution < 1.29 is 13.7 Å². The molecule has 0 bridgehead atoms. The van der Waals surface area contributed by atoms with Gasteiger partial charge in [-0.05, 0) is 55.0 Å². The lowest BCUT2D eigenvalue weighted by Gasteiger charge is -2.10. The third-order valence-corrected chi connectivity index (χ3v) is 4.91. The molecule has 2 heterocycles. The van der Waals surface area contributed by atoms with Crippen molar-refractivity contribution in [2.75, 3.05) is 5.32 Å². The van der Waals surface area contributed by atoms with Crippen LogP contribution in [-0.4, -0.2) is 21.0 Å². The number of fused-ring (bicyclic) bond motifs is 1. The van der Waals surface area contributed by atoms with Crippen LogP contribution < -0.4 is 5.32 Å². The number of aromatic amines is 1. The molecule has 0 radical (unpaired) electrons. The van der Waals surface area contributed by atoms with E-state index in [1.54, 1.807) is 18.2 Å². The molecule has 2 aromatic carbocycles. The number of amides is 1. The summed E-state index contributed by atoms with van der Waals surface area (Å²) in [5.74, 6) is 0.579. The summed E-state index contributed by atoms with van der Waals surface area (Å²) in [6.45, 7) is 7.90. The van der Waals surface area contributed by atoms with Crippen LogP contribution in [0.25, 0.3) is 22.3 Å². The number of hydrogen-bond donors (Lipinski definition) is 2. The average Bonchev–Trinajstić information content (AvgIpc) is 3.28. The lowest BCUT2D eigenvalue weighted by molar-refractivity contribution is -0.115. The van der Waals surface area contributed by atoms with Crippen molar-refractivity contribution in [1.29, 1.82) is 0 Å². The Bertz CT molecular complexity index is 1220. The summed E-state index contributed by atoms with van der Waals surface area (Å²) in [5.41, 5.74) is 3.70. The van der Waals surface area contributed by atoms with Gasteiger partial charge in [0.1, 0.15) is 5.82 Å². The molecule has 0 spiro atoms. The van der Waals surface area contributed by atoms with Crippen LogP contribution in [0.3, 0.4) is 0 Å². The monoisotopic (exact) mass is 406 g/mol. The second-order valence-corrected chi connectivity index (χ2v) is 8.39. The van der Waals surface area contributed by atoms with Crippen LogP contribution in [0.2, 0.25) is 0 Å². The standard InChI is InChI=1S/C23H23FN4O2/c1-13-17(18-11-15(24)7-10-19(18)25-13)12-20(29)26-16-8-5-14(6-9-16)21-27-22(30-28-21)23(2,3)4/h5-11,25H,12H2,1-4H3,(H,26,29). The van der Waals surface area contributed by atoms with Gasteiger partial charge in [0.05, 0.1) is 6.42 Å². The molecule has 0 fully saturated rings. The molecule has 0 aliphatic carbocycles. The Morgan fingerprint density at radius 2 is 1.90 bits per heavy atom. The van der Waals surface area contributed by atoms with Crippen LogP contribution in [0.5, 0.6) is 0 Å². The van der Waals surface area contributed by atoms with Crippen LogP contribution in [0.4, 0.5) is 10.1 Å².